The molecule has 1 aliphatic carbocycles. The number of hydrogen-bond acceptors (Lipinski definition) is 3. The first-order valence-electron chi connectivity index (χ1n) is 8.08. The predicted octanol–water partition coefficient (Wildman–Crippen LogP) is 4.20. The highest BCUT2D eigenvalue weighted by Gasteiger charge is 2.27. The third-order valence-corrected chi connectivity index (χ3v) is 4.88. The van der Waals surface area contributed by atoms with E-state index >= 15 is 0 Å². The van der Waals surface area contributed by atoms with Crippen LogP contribution in [0.2, 0.25) is 5.02 Å². The summed E-state index contributed by atoms with van der Waals surface area (Å²) in [7, 11) is 1.65. The van der Waals surface area contributed by atoms with Crippen molar-refractivity contribution in [2.45, 2.75) is 33.2 Å². The molecule has 0 spiro atoms. The second-order valence-electron chi connectivity index (χ2n) is 6.22. The van der Waals surface area contributed by atoms with Crippen LogP contribution in [0.4, 0.5) is 0 Å². The molecule has 1 aromatic heterocycles. The molecule has 0 N–H and O–H groups in total. The van der Waals surface area contributed by atoms with Gasteiger partial charge < -0.3 is 4.74 Å². The van der Waals surface area contributed by atoms with Crippen LogP contribution in [-0.2, 0) is 11.3 Å². The van der Waals surface area contributed by atoms with Gasteiger partial charge >= 0.3 is 0 Å². The lowest BCUT2D eigenvalue weighted by atomic mass is 10.1. The number of aryl methyl sites for hydroxylation is 1. The van der Waals surface area contributed by atoms with Gasteiger partial charge in [0.1, 0.15) is 5.75 Å². The summed E-state index contributed by atoms with van der Waals surface area (Å²) in [5.41, 5.74) is 3.73. The van der Waals surface area contributed by atoms with Crippen LogP contribution in [0.3, 0.4) is 0 Å². The van der Waals surface area contributed by atoms with Gasteiger partial charge in [0, 0.05) is 11.5 Å². The smallest absolute Gasteiger partial charge is 0.158 e. The first-order valence-corrected chi connectivity index (χ1v) is 8.45. The molecule has 4 nitrogen and oxygen atoms in total. The molecule has 1 aliphatic rings. The lowest BCUT2D eigenvalue weighted by Crippen LogP contribution is -2.06. The van der Waals surface area contributed by atoms with E-state index in [4.69, 9.17) is 16.3 Å². The summed E-state index contributed by atoms with van der Waals surface area (Å²) < 4.78 is 7.33. The van der Waals surface area contributed by atoms with Crippen molar-refractivity contribution in [1.82, 2.24) is 9.78 Å². The molecular formula is C19H21ClN2O2. The monoisotopic (exact) mass is 344 g/mol. The largest absolute Gasteiger partial charge is 0.496 e. The Morgan fingerprint density at radius 1 is 1.42 bits per heavy atom. The Hall–Kier alpha value is -2.07. The number of carbonyl (C=O) groups is 1. The van der Waals surface area contributed by atoms with E-state index < -0.39 is 0 Å². The molecule has 1 saturated carbocycles. The van der Waals surface area contributed by atoms with Crippen LogP contribution in [-0.4, -0.2) is 22.7 Å². The van der Waals surface area contributed by atoms with Gasteiger partial charge in [0.15, 0.2) is 5.78 Å². The molecule has 1 heterocycles. The Morgan fingerprint density at radius 2 is 2.17 bits per heavy atom. The normalized spacial score (nSPS) is 14.3. The number of benzene rings is 1. The number of aromatic nitrogens is 2. The number of methoxy groups -OCH3 is 1. The standard InChI is InChI=1S/C19H21ClN2O2/c1-12-19(20)13(2)22(21-12)11-16-10-14(5-9-18(16)24-3)4-8-17(23)15-6-7-15/h4-5,8-10,15H,6-7,11H2,1-3H3/b8-4+. The Bertz CT molecular complexity index is 804. The lowest BCUT2D eigenvalue weighted by molar-refractivity contribution is -0.115. The molecule has 2 aromatic rings. The van der Waals surface area contributed by atoms with Gasteiger partial charge in [0.25, 0.3) is 0 Å². The van der Waals surface area contributed by atoms with E-state index in [0.29, 0.717) is 11.6 Å². The molecule has 0 radical (unpaired) electrons. The number of halogens is 1. The Morgan fingerprint density at radius 3 is 2.75 bits per heavy atom. The first kappa shape index (κ1) is 16.8. The summed E-state index contributed by atoms with van der Waals surface area (Å²) in [6.45, 7) is 4.42. The summed E-state index contributed by atoms with van der Waals surface area (Å²) in [4.78, 5) is 11.8. The van der Waals surface area contributed by atoms with Crippen LogP contribution >= 0.6 is 11.6 Å². The lowest BCUT2D eigenvalue weighted by Gasteiger charge is -2.11. The molecule has 24 heavy (non-hydrogen) atoms. The van der Waals surface area contributed by atoms with Crippen molar-refractivity contribution in [3.63, 3.8) is 0 Å². The van der Waals surface area contributed by atoms with Crippen LogP contribution in [0.15, 0.2) is 24.3 Å². The van der Waals surface area contributed by atoms with E-state index in [1.165, 1.54) is 0 Å². The fourth-order valence-corrected chi connectivity index (χ4v) is 2.83. The van der Waals surface area contributed by atoms with Crippen LogP contribution in [0, 0.1) is 19.8 Å². The summed E-state index contributed by atoms with van der Waals surface area (Å²) >= 11 is 6.23. The maximum atomic E-state index is 11.8. The quantitative estimate of drug-likeness (QED) is 0.737. The minimum atomic E-state index is 0.220. The van der Waals surface area contributed by atoms with E-state index in [9.17, 15) is 4.79 Å². The molecule has 5 heteroatoms. The topological polar surface area (TPSA) is 44.1 Å². The average Bonchev–Trinajstić information content (AvgIpc) is 3.39. The number of hydrogen-bond donors (Lipinski definition) is 0. The second kappa shape index (κ2) is 6.81. The summed E-state index contributed by atoms with van der Waals surface area (Å²) in [5.74, 6) is 1.26. The number of ether oxygens (including phenoxy) is 1. The van der Waals surface area contributed by atoms with E-state index in [1.54, 1.807) is 13.2 Å². The molecule has 0 saturated heterocycles. The van der Waals surface area contributed by atoms with Crippen molar-refractivity contribution in [3.8, 4) is 5.75 Å². The molecule has 3 rings (SSSR count). The Balaban J connectivity index is 1.86. The zero-order chi connectivity index (χ0) is 17.3. The Kier molecular flexibility index (Phi) is 4.76. The van der Waals surface area contributed by atoms with Gasteiger partial charge in [-0.25, -0.2) is 0 Å². The van der Waals surface area contributed by atoms with Crippen molar-refractivity contribution < 1.29 is 9.53 Å². The Labute approximate surface area is 147 Å². The van der Waals surface area contributed by atoms with Crippen molar-refractivity contribution in [2.75, 3.05) is 7.11 Å². The van der Waals surface area contributed by atoms with Crippen LogP contribution < -0.4 is 4.74 Å². The maximum absolute atomic E-state index is 11.8. The zero-order valence-corrected chi connectivity index (χ0v) is 14.9. The number of nitrogens with zero attached hydrogens (tertiary/aromatic N) is 2. The zero-order valence-electron chi connectivity index (χ0n) is 14.2. The van der Waals surface area contributed by atoms with Gasteiger partial charge in [0.05, 0.1) is 30.1 Å². The first-order chi connectivity index (χ1) is 11.5. The minimum absolute atomic E-state index is 0.220. The van der Waals surface area contributed by atoms with Crippen LogP contribution in [0.5, 0.6) is 5.75 Å². The van der Waals surface area contributed by atoms with E-state index in [1.807, 2.05) is 42.8 Å². The van der Waals surface area contributed by atoms with Gasteiger partial charge in [0.2, 0.25) is 0 Å². The molecular weight excluding hydrogens is 324 g/mol. The third-order valence-electron chi connectivity index (χ3n) is 4.34. The fraction of sp³-hybridized carbons (Fsp3) is 0.368. The minimum Gasteiger partial charge on any atom is -0.496 e. The van der Waals surface area contributed by atoms with Gasteiger partial charge in [-0.2, -0.15) is 5.10 Å². The van der Waals surface area contributed by atoms with E-state index in [0.717, 1.165) is 41.1 Å². The van der Waals surface area contributed by atoms with Crippen molar-refractivity contribution in [1.29, 1.82) is 0 Å². The molecule has 0 amide bonds. The summed E-state index contributed by atoms with van der Waals surface area (Å²) in [6.07, 6.45) is 5.60. The molecule has 1 fully saturated rings. The molecule has 0 bridgehead atoms. The average molecular weight is 345 g/mol. The van der Waals surface area contributed by atoms with Gasteiger partial charge in [-0.05, 0) is 50.5 Å². The summed E-state index contributed by atoms with van der Waals surface area (Å²) in [5, 5.41) is 5.17. The van der Waals surface area contributed by atoms with Gasteiger partial charge in [-0.1, -0.05) is 23.7 Å². The second-order valence-corrected chi connectivity index (χ2v) is 6.60. The number of ketones is 1. The maximum Gasteiger partial charge on any atom is 0.158 e. The van der Waals surface area contributed by atoms with Crippen molar-refractivity contribution >= 4 is 23.5 Å². The molecule has 126 valence electrons. The predicted molar refractivity (Wildman–Crippen MR) is 95.6 cm³/mol. The van der Waals surface area contributed by atoms with Crippen molar-refractivity contribution in [2.24, 2.45) is 5.92 Å². The molecule has 0 atom stereocenters. The summed E-state index contributed by atoms with van der Waals surface area (Å²) in [6, 6.07) is 5.90. The molecule has 0 unspecified atom stereocenters. The fourth-order valence-electron chi connectivity index (χ4n) is 2.70. The van der Waals surface area contributed by atoms with Crippen LogP contribution in [0.1, 0.15) is 35.4 Å². The van der Waals surface area contributed by atoms with Crippen LogP contribution in [0.25, 0.3) is 6.08 Å². The number of allylic oxidation sites excluding steroid dienone is 1. The molecule has 0 aliphatic heterocycles. The van der Waals surface area contributed by atoms with Gasteiger partial charge in [-0.15, -0.1) is 0 Å². The van der Waals surface area contributed by atoms with E-state index in [-0.39, 0.29) is 11.7 Å². The highest BCUT2D eigenvalue weighted by atomic mass is 35.5. The molecule has 1 aromatic carbocycles. The SMILES string of the molecule is COc1ccc(/C=C/C(=O)C2CC2)cc1Cn1nc(C)c(Cl)c1C. The number of carbonyl (C=O) groups excluding carboxylic acids is 1. The highest BCUT2D eigenvalue weighted by Crippen LogP contribution is 2.30. The van der Waals surface area contributed by atoms with Crippen molar-refractivity contribution in [3.05, 3.63) is 51.8 Å². The highest BCUT2D eigenvalue weighted by molar-refractivity contribution is 6.31. The number of rotatable bonds is 6. The van der Waals surface area contributed by atoms with Gasteiger partial charge in [-0.3, -0.25) is 9.48 Å². The van der Waals surface area contributed by atoms with E-state index in [2.05, 4.69) is 5.10 Å². The third kappa shape index (κ3) is 3.54.